The van der Waals surface area contributed by atoms with Crippen LogP contribution in [0.2, 0.25) is 0 Å². The standard InChI is InChI=1S/C46H33N5/c1-3-15-38-30(2)32-28-29-42-45(46(32)49(38)31-16-5-4-6-17-31)35-20-9-12-25-41(35)51(42)44-27-14-22-37(48-44)36-21-13-26-43(47-36)50-39-23-10-7-18-33(39)34-19-8-11-24-40(34)50/h3-29H,1-2H3/b15-3-. The largest absolute Gasteiger partial charge is 0.309 e. The first-order valence-corrected chi connectivity index (χ1v) is 17.4. The molecule has 10 rings (SSSR count). The maximum Gasteiger partial charge on any atom is 0.138 e. The number of nitrogens with zero attached hydrogens (tertiary/aromatic N) is 5. The summed E-state index contributed by atoms with van der Waals surface area (Å²) in [5.41, 5.74) is 10.9. The fraction of sp³-hybridized carbons (Fsp3) is 0.0435. The van der Waals surface area contributed by atoms with E-state index in [-0.39, 0.29) is 0 Å². The van der Waals surface area contributed by atoms with Crippen molar-refractivity contribution in [3.63, 3.8) is 0 Å². The van der Waals surface area contributed by atoms with Crippen molar-refractivity contribution in [2.75, 3.05) is 0 Å². The maximum atomic E-state index is 5.32. The van der Waals surface area contributed by atoms with Crippen molar-refractivity contribution in [3.8, 4) is 28.7 Å². The van der Waals surface area contributed by atoms with Crippen LogP contribution in [0, 0.1) is 6.92 Å². The van der Waals surface area contributed by atoms with Gasteiger partial charge in [-0.3, -0.25) is 9.13 Å². The Morgan fingerprint density at radius 2 is 0.980 bits per heavy atom. The summed E-state index contributed by atoms with van der Waals surface area (Å²) in [5, 5.41) is 6.08. The predicted molar refractivity (Wildman–Crippen MR) is 212 cm³/mol. The quantitative estimate of drug-likeness (QED) is 0.185. The Kier molecular flexibility index (Phi) is 6.55. The third-order valence-electron chi connectivity index (χ3n) is 10.2. The van der Waals surface area contributed by atoms with Gasteiger partial charge in [0, 0.05) is 38.3 Å². The van der Waals surface area contributed by atoms with Gasteiger partial charge in [0.15, 0.2) is 0 Å². The first-order chi connectivity index (χ1) is 25.2. The summed E-state index contributed by atoms with van der Waals surface area (Å²) >= 11 is 0. The fourth-order valence-corrected chi connectivity index (χ4v) is 8.00. The third-order valence-corrected chi connectivity index (χ3v) is 10.2. The lowest BCUT2D eigenvalue weighted by atomic mass is 10.1. The lowest BCUT2D eigenvalue weighted by Crippen LogP contribution is -2.01. The summed E-state index contributed by atoms with van der Waals surface area (Å²) in [6.07, 6.45) is 4.35. The highest BCUT2D eigenvalue weighted by Crippen LogP contribution is 2.41. The molecule has 5 aromatic heterocycles. The van der Waals surface area contributed by atoms with E-state index in [9.17, 15) is 0 Å². The average molecular weight is 656 g/mol. The van der Waals surface area contributed by atoms with E-state index in [1.807, 2.05) is 0 Å². The van der Waals surface area contributed by atoms with Crippen LogP contribution in [0.3, 0.4) is 0 Å². The van der Waals surface area contributed by atoms with E-state index in [1.165, 1.54) is 43.7 Å². The number of aryl methyl sites for hydroxylation is 1. The Labute approximate surface area is 295 Å². The van der Waals surface area contributed by atoms with Crippen molar-refractivity contribution >= 4 is 60.6 Å². The molecule has 5 heterocycles. The van der Waals surface area contributed by atoms with Crippen LogP contribution >= 0.6 is 0 Å². The van der Waals surface area contributed by atoms with Crippen molar-refractivity contribution in [1.29, 1.82) is 0 Å². The Hall–Kier alpha value is -6.72. The van der Waals surface area contributed by atoms with Crippen LogP contribution in [0.25, 0.3) is 89.3 Å². The molecule has 0 aliphatic heterocycles. The zero-order valence-electron chi connectivity index (χ0n) is 28.3. The van der Waals surface area contributed by atoms with Gasteiger partial charge >= 0.3 is 0 Å². The second-order valence-corrected chi connectivity index (χ2v) is 13.0. The molecule has 0 saturated heterocycles. The molecule has 0 aliphatic rings. The summed E-state index contributed by atoms with van der Waals surface area (Å²) in [4.78, 5) is 10.5. The highest BCUT2D eigenvalue weighted by atomic mass is 15.1. The molecule has 0 spiro atoms. The van der Waals surface area contributed by atoms with Crippen LogP contribution < -0.4 is 0 Å². The van der Waals surface area contributed by atoms with Crippen molar-refractivity contribution in [1.82, 2.24) is 23.7 Å². The van der Waals surface area contributed by atoms with Crippen LogP contribution in [0.15, 0.2) is 158 Å². The molecule has 5 heteroatoms. The molecule has 0 aliphatic carbocycles. The molecule has 0 saturated carbocycles. The summed E-state index contributed by atoms with van der Waals surface area (Å²) in [6.45, 7) is 4.31. The van der Waals surface area contributed by atoms with Crippen LogP contribution in [0.1, 0.15) is 18.2 Å². The molecule has 0 amide bonds. The molecule has 0 fully saturated rings. The molecule has 5 nitrogen and oxygen atoms in total. The molecule has 0 unspecified atom stereocenters. The second kappa shape index (κ2) is 11.4. The summed E-state index contributed by atoms with van der Waals surface area (Å²) in [6, 6.07) is 53.4. The lowest BCUT2D eigenvalue weighted by molar-refractivity contribution is 1.06. The lowest BCUT2D eigenvalue weighted by Gasteiger charge is -2.12. The minimum atomic E-state index is 0.820. The average Bonchev–Trinajstić information content (AvgIpc) is 3.81. The van der Waals surface area contributed by atoms with Gasteiger partial charge in [-0.25, -0.2) is 9.97 Å². The zero-order chi connectivity index (χ0) is 34.1. The number of rotatable bonds is 5. The topological polar surface area (TPSA) is 40.6 Å². The highest BCUT2D eigenvalue weighted by molar-refractivity contribution is 6.21. The van der Waals surface area contributed by atoms with Crippen molar-refractivity contribution < 1.29 is 0 Å². The monoisotopic (exact) mass is 655 g/mol. The summed E-state index contributed by atoms with van der Waals surface area (Å²) in [7, 11) is 0. The number of para-hydroxylation sites is 4. The smallest absolute Gasteiger partial charge is 0.138 e. The van der Waals surface area contributed by atoms with Gasteiger partial charge in [-0.1, -0.05) is 97.1 Å². The van der Waals surface area contributed by atoms with Crippen molar-refractivity contribution in [2.45, 2.75) is 13.8 Å². The maximum absolute atomic E-state index is 5.32. The molecule has 0 bridgehead atoms. The fourth-order valence-electron chi connectivity index (χ4n) is 8.00. The van der Waals surface area contributed by atoms with E-state index >= 15 is 0 Å². The molecule has 242 valence electrons. The number of fused-ring (bicyclic) bond motifs is 8. The van der Waals surface area contributed by atoms with Crippen molar-refractivity contribution in [2.24, 2.45) is 0 Å². The molecule has 5 aromatic carbocycles. The Balaban J connectivity index is 1.19. The predicted octanol–water partition coefficient (Wildman–Crippen LogP) is 11.6. The van der Waals surface area contributed by atoms with Gasteiger partial charge < -0.3 is 4.57 Å². The number of pyridine rings is 2. The summed E-state index contributed by atoms with van der Waals surface area (Å²) in [5.74, 6) is 1.72. The van der Waals surface area contributed by atoms with E-state index in [0.29, 0.717) is 0 Å². The minimum absolute atomic E-state index is 0.820. The summed E-state index contributed by atoms with van der Waals surface area (Å²) < 4.78 is 6.97. The number of aromatic nitrogens is 5. The molecule has 10 aromatic rings. The van der Waals surface area contributed by atoms with Crippen molar-refractivity contribution in [3.05, 3.63) is 169 Å². The third kappa shape index (κ3) is 4.35. The van der Waals surface area contributed by atoms with E-state index in [2.05, 4.69) is 191 Å². The second-order valence-electron chi connectivity index (χ2n) is 13.0. The van der Waals surface area contributed by atoms with Gasteiger partial charge in [0.05, 0.1) is 39.0 Å². The zero-order valence-corrected chi connectivity index (χ0v) is 28.3. The molecule has 51 heavy (non-hydrogen) atoms. The van der Waals surface area contributed by atoms with Crippen LogP contribution in [0.4, 0.5) is 0 Å². The van der Waals surface area contributed by atoms with Gasteiger partial charge in [0.2, 0.25) is 0 Å². The number of hydrogen-bond donors (Lipinski definition) is 0. The number of allylic oxidation sites excluding steroid dienone is 1. The molecule has 0 atom stereocenters. The van der Waals surface area contributed by atoms with E-state index in [4.69, 9.17) is 9.97 Å². The van der Waals surface area contributed by atoms with Gasteiger partial charge in [0.1, 0.15) is 11.6 Å². The van der Waals surface area contributed by atoms with Crippen LogP contribution in [-0.2, 0) is 0 Å². The molecular weight excluding hydrogens is 623 g/mol. The van der Waals surface area contributed by atoms with Gasteiger partial charge in [-0.2, -0.15) is 0 Å². The Morgan fingerprint density at radius 3 is 1.59 bits per heavy atom. The Morgan fingerprint density at radius 1 is 0.451 bits per heavy atom. The van der Waals surface area contributed by atoms with Gasteiger partial charge in [-0.15, -0.1) is 0 Å². The Bertz CT molecular complexity index is 2940. The number of hydrogen-bond acceptors (Lipinski definition) is 2. The molecular formula is C46H33N5. The first-order valence-electron chi connectivity index (χ1n) is 17.4. The van der Waals surface area contributed by atoms with Crippen LogP contribution in [0.5, 0.6) is 0 Å². The van der Waals surface area contributed by atoms with Gasteiger partial charge in [0.25, 0.3) is 0 Å². The highest BCUT2D eigenvalue weighted by Gasteiger charge is 2.22. The molecule has 0 radical (unpaired) electrons. The van der Waals surface area contributed by atoms with E-state index < -0.39 is 0 Å². The normalized spacial score (nSPS) is 12.0. The van der Waals surface area contributed by atoms with Crippen LogP contribution in [-0.4, -0.2) is 23.7 Å². The van der Waals surface area contributed by atoms with Gasteiger partial charge in [-0.05, 0) is 86.2 Å². The number of benzene rings is 5. The first kappa shape index (κ1) is 29.2. The minimum Gasteiger partial charge on any atom is -0.309 e. The van der Waals surface area contributed by atoms with E-state index in [0.717, 1.165) is 50.8 Å². The molecule has 0 N–H and O–H groups in total. The van der Waals surface area contributed by atoms with E-state index in [1.54, 1.807) is 0 Å². The SMILES string of the molecule is C/C=C\c1c(C)c2ccc3c(c4ccccc4n3-c3cccc(-c4cccc(-n5c6ccccc6c6ccccc65)n4)n3)c2n1-c1ccccc1.